The van der Waals surface area contributed by atoms with Crippen molar-refractivity contribution in [2.75, 3.05) is 0 Å². The highest BCUT2D eigenvalue weighted by Crippen LogP contribution is 2.42. The first-order chi connectivity index (χ1) is 11.8. The molecule has 1 aliphatic heterocycles. The second-order valence-electron chi connectivity index (χ2n) is 7.81. The monoisotopic (exact) mass is 340 g/mol. The quantitative estimate of drug-likeness (QED) is 0.699. The number of hydrogen-bond acceptors (Lipinski definition) is 2. The lowest BCUT2D eigenvalue weighted by Gasteiger charge is -2.32. The molecule has 0 aromatic heterocycles. The Labute approximate surface area is 150 Å². The highest BCUT2D eigenvalue weighted by atomic mass is 19.1. The number of rotatable bonds is 5. The molecule has 0 bridgehead atoms. The van der Waals surface area contributed by atoms with E-state index in [1.165, 1.54) is 17.7 Å². The van der Waals surface area contributed by atoms with Crippen LogP contribution in [0.25, 0.3) is 0 Å². The van der Waals surface area contributed by atoms with E-state index in [9.17, 15) is 4.39 Å². The van der Waals surface area contributed by atoms with Gasteiger partial charge in [0.1, 0.15) is 5.82 Å². The highest BCUT2D eigenvalue weighted by molar-refractivity contribution is 6.47. The third kappa shape index (κ3) is 3.96. The molecule has 4 heteroatoms. The minimum Gasteiger partial charge on any atom is -0.403 e. The fraction of sp³-hybridized carbons (Fsp3) is 0.429. The molecule has 2 aromatic rings. The second-order valence-corrected chi connectivity index (χ2v) is 7.81. The Bertz CT molecular complexity index is 682. The van der Waals surface area contributed by atoms with Gasteiger partial charge in [-0.3, -0.25) is 0 Å². The van der Waals surface area contributed by atoms with Gasteiger partial charge in [-0.2, -0.15) is 0 Å². The van der Waals surface area contributed by atoms with E-state index in [-0.39, 0.29) is 30.0 Å². The molecule has 1 aliphatic rings. The van der Waals surface area contributed by atoms with Crippen molar-refractivity contribution in [3.8, 4) is 0 Å². The topological polar surface area (TPSA) is 18.5 Å². The van der Waals surface area contributed by atoms with E-state index in [4.69, 9.17) is 9.31 Å². The molecule has 1 atom stereocenters. The van der Waals surface area contributed by atoms with Crippen molar-refractivity contribution in [2.24, 2.45) is 0 Å². The molecule has 3 rings (SSSR count). The summed E-state index contributed by atoms with van der Waals surface area (Å²) in [6, 6.07) is 17.1. The van der Waals surface area contributed by atoms with E-state index in [1.54, 1.807) is 0 Å². The molecule has 2 aromatic carbocycles. The van der Waals surface area contributed by atoms with Crippen molar-refractivity contribution in [2.45, 2.75) is 57.6 Å². The summed E-state index contributed by atoms with van der Waals surface area (Å²) in [6.45, 7) is 8.25. The number of halogens is 1. The van der Waals surface area contributed by atoms with Gasteiger partial charge < -0.3 is 9.31 Å². The standard InChI is InChI=1S/C21H26BFO2/c1-20(2)21(3,4)25-22(24-20)19(17-11-13-18(23)14-12-17)15-10-16-8-6-5-7-9-16/h5-9,11-14,19H,10,15H2,1-4H3/t19-/m1/s1. The molecule has 1 saturated heterocycles. The average Bonchev–Trinajstić information content (AvgIpc) is 2.78. The maximum atomic E-state index is 13.4. The minimum atomic E-state index is -0.372. The Morgan fingerprint density at radius 2 is 1.44 bits per heavy atom. The zero-order valence-electron chi connectivity index (χ0n) is 15.5. The van der Waals surface area contributed by atoms with Crippen molar-refractivity contribution in [1.29, 1.82) is 0 Å². The lowest BCUT2D eigenvalue weighted by atomic mass is 9.65. The van der Waals surface area contributed by atoms with Gasteiger partial charge >= 0.3 is 7.12 Å². The molecule has 0 aliphatic carbocycles. The van der Waals surface area contributed by atoms with Gasteiger partial charge in [0.15, 0.2) is 0 Å². The van der Waals surface area contributed by atoms with E-state index in [1.807, 2.05) is 18.2 Å². The third-order valence-electron chi connectivity index (χ3n) is 5.49. The summed E-state index contributed by atoms with van der Waals surface area (Å²) in [4.78, 5) is 0. The van der Waals surface area contributed by atoms with Crippen LogP contribution in [-0.4, -0.2) is 18.3 Å². The van der Waals surface area contributed by atoms with Crippen molar-refractivity contribution >= 4 is 7.12 Å². The molecule has 0 amide bonds. The van der Waals surface area contributed by atoms with Crippen LogP contribution in [0.5, 0.6) is 0 Å². The minimum absolute atomic E-state index is 0.0573. The third-order valence-corrected chi connectivity index (χ3v) is 5.49. The van der Waals surface area contributed by atoms with Crippen LogP contribution in [0.2, 0.25) is 0 Å². The van der Waals surface area contributed by atoms with E-state index >= 15 is 0 Å². The van der Waals surface area contributed by atoms with Crippen LogP contribution in [0.15, 0.2) is 54.6 Å². The van der Waals surface area contributed by atoms with E-state index < -0.39 is 0 Å². The van der Waals surface area contributed by atoms with Crippen molar-refractivity contribution in [1.82, 2.24) is 0 Å². The molecule has 0 unspecified atom stereocenters. The van der Waals surface area contributed by atoms with Crippen LogP contribution in [0, 0.1) is 5.82 Å². The maximum absolute atomic E-state index is 13.4. The van der Waals surface area contributed by atoms with Crippen molar-refractivity contribution < 1.29 is 13.7 Å². The van der Waals surface area contributed by atoms with E-state index in [0.29, 0.717) is 0 Å². The molecule has 1 heterocycles. The van der Waals surface area contributed by atoms with E-state index in [2.05, 4.69) is 52.0 Å². The molecular formula is C21H26BFO2. The van der Waals surface area contributed by atoms with Crippen LogP contribution in [0.4, 0.5) is 4.39 Å². The van der Waals surface area contributed by atoms with Gasteiger partial charge in [-0.05, 0) is 63.8 Å². The summed E-state index contributed by atoms with van der Waals surface area (Å²) in [5.41, 5.74) is 1.59. The molecule has 0 radical (unpaired) electrons. The molecule has 25 heavy (non-hydrogen) atoms. The summed E-state index contributed by atoms with van der Waals surface area (Å²) in [5, 5.41) is 0. The molecule has 2 nitrogen and oxygen atoms in total. The van der Waals surface area contributed by atoms with Gasteiger partial charge in [-0.15, -0.1) is 0 Å². The van der Waals surface area contributed by atoms with Gasteiger partial charge in [0.05, 0.1) is 11.2 Å². The SMILES string of the molecule is CC1(C)OB([C@H](CCc2ccccc2)c2ccc(F)cc2)OC1(C)C. The Morgan fingerprint density at radius 3 is 2.00 bits per heavy atom. The fourth-order valence-electron chi connectivity index (χ4n) is 3.19. The van der Waals surface area contributed by atoms with Crippen LogP contribution in [-0.2, 0) is 15.7 Å². The molecule has 0 spiro atoms. The molecule has 0 saturated carbocycles. The average molecular weight is 340 g/mol. The molecule has 132 valence electrons. The van der Waals surface area contributed by atoms with E-state index in [0.717, 1.165) is 18.4 Å². The van der Waals surface area contributed by atoms with Gasteiger partial charge in [-0.1, -0.05) is 42.5 Å². The Balaban J connectivity index is 1.83. The Hall–Kier alpha value is -1.65. The summed E-state index contributed by atoms with van der Waals surface area (Å²) in [5.74, 6) is -0.165. The first-order valence-corrected chi connectivity index (χ1v) is 8.93. The van der Waals surface area contributed by atoms with Gasteiger partial charge in [0.25, 0.3) is 0 Å². The summed E-state index contributed by atoms with van der Waals surface area (Å²) in [6.07, 6.45) is 1.80. The van der Waals surface area contributed by atoms with Crippen LogP contribution in [0.3, 0.4) is 0 Å². The maximum Gasteiger partial charge on any atom is 0.465 e. The predicted octanol–water partition coefficient (Wildman–Crippen LogP) is 5.17. The summed E-state index contributed by atoms with van der Waals surface area (Å²) in [7, 11) is -0.334. The largest absolute Gasteiger partial charge is 0.465 e. The Morgan fingerprint density at radius 1 is 0.880 bits per heavy atom. The number of hydrogen-bond donors (Lipinski definition) is 0. The Kier molecular flexibility index (Phi) is 5.03. The number of aryl methyl sites for hydroxylation is 1. The van der Waals surface area contributed by atoms with Crippen molar-refractivity contribution in [3.05, 3.63) is 71.5 Å². The first kappa shape index (κ1) is 18.2. The second kappa shape index (κ2) is 6.93. The smallest absolute Gasteiger partial charge is 0.403 e. The number of benzene rings is 2. The normalized spacial score (nSPS) is 19.8. The van der Waals surface area contributed by atoms with Gasteiger partial charge in [0, 0.05) is 5.82 Å². The first-order valence-electron chi connectivity index (χ1n) is 8.93. The zero-order valence-corrected chi connectivity index (χ0v) is 15.5. The summed E-state index contributed by atoms with van der Waals surface area (Å²) >= 11 is 0. The van der Waals surface area contributed by atoms with Crippen LogP contribution in [0.1, 0.15) is 51.1 Å². The van der Waals surface area contributed by atoms with Crippen LogP contribution < -0.4 is 0 Å². The van der Waals surface area contributed by atoms with Crippen LogP contribution >= 0.6 is 0 Å². The fourth-order valence-corrected chi connectivity index (χ4v) is 3.19. The predicted molar refractivity (Wildman–Crippen MR) is 100.0 cm³/mol. The molecule has 0 N–H and O–H groups in total. The van der Waals surface area contributed by atoms with Gasteiger partial charge in [0.2, 0.25) is 0 Å². The van der Waals surface area contributed by atoms with Gasteiger partial charge in [-0.25, -0.2) is 4.39 Å². The highest BCUT2D eigenvalue weighted by Gasteiger charge is 2.53. The lowest BCUT2D eigenvalue weighted by Crippen LogP contribution is -2.41. The zero-order chi connectivity index (χ0) is 18.1. The van der Waals surface area contributed by atoms with Crippen molar-refractivity contribution in [3.63, 3.8) is 0 Å². The molecule has 1 fully saturated rings. The molecular weight excluding hydrogens is 314 g/mol. The lowest BCUT2D eigenvalue weighted by molar-refractivity contribution is 0.00578. The summed E-state index contributed by atoms with van der Waals surface area (Å²) < 4.78 is 25.9.